The molecule has 152 valence electrons. The topological polar surface area (TPSA) is 59.0 Å². The van der Waals surface area contributed by atoms with Gasteiger partial charge in [0.2, 0.25) is 0 Å². The Balaban J connectivity index is 1.62. The van der Waals surface area contributed by atoms with Crippen LogP contribution in [0.15, 0.2) is 48.8 Å². The Kier molecular flexibility index (Phi) is 7.18. The van der Waals surface area contributed by atoms with Crippen LogP contribution < -0.4 is 10.6 Å². The van der Waals surface area contributed by atoms with E-state index in [0.717, 1.165) is 34.2 Å². The SMILES string of the molecule is CCNc1cc(Cl)cc(C(=O)NCCc2nccn2Cc2ccc(Cl)cc2)c1C. The van der Waals surface area contributed by atoms with E-state index >= 15 is 0 Å². The minimum atomic E-state index is -0.139. The monoisotopic (exact) mass is 430 g/mol. The molecule has 0 bridgehead atoms. The molecule has 0 saturated carbocycles. The highest BCUT2D eigenvalue weighted by atomic mass is 35.5. The van der Waals surface area contributed by atoms with Crippen LogP contribution in [0.25, 0.3) is 0 Å². The van der Waals surface area contributed by atoms with Crippen LogP contribution in [-0.4, -0.2) is 28.5 Å². The van der Waals surface area contributed by atoms with Gasteiger partial charge in [-0.1, -0.05) is 35.3 Å². The summed E-state index contributed by atoms with van der Waals surface area (Å²) < 4.78 is 2.07. The van der Waals surface area contributed by atoms with Crippen molar-refractivity contribution in [3.8, 4) is 0 Å². The fourth-order valence-electron chi connectivity index (χ4n) is 3.17. The molecule has 5 nitrogen and oxygen atoms in total. The van der Waals surface area contributed by atoms with Crippen LogP contribution in [0.4, 0.5) is 5.69 Å². The summed E-state index contributed by atoms with van der Waals surface area (Å²) in [6, 6.07) is 11.3. The highest BCUT2D eigenvalue weighted by Gasteiger charge is 2.14. The molecule has 1 heterocycles. The third-order valence-corrected chi connectivity index (χ3v) is 5.16. The molecule has 3 rings (SSSR count). The quantitative estimate of drug-likeness (QED) is 0.531. The first kappa shape index (κ1) is 21.2. The molecule has 1 amide bonds. The number of benzene rings is 2. The van der Waals surface area contributed by atoms with Crippen LogP contribution in [0.1, 0.15) is 34.2 Å². The van der Waals surface area contributed by atoms with Crippen molar-refractivity contribution in [1.29, 1.82) is 0 Å². The molecule has 0 spiro atoms. The molecule has 0 saturated heterocycles. The highest BCUT2D eigenvalue weighted by molar-refractivity contribution is 6.31. The summed E-state index contributed by atoms with van der Waals surface area (Å²) in [5.74, 6) is 0.774. The lowest BCUT2D eigenvalue weighted by atomic mass is 10.1. The number of hydrogen-bond acceptors (Lipinski definition) is 3. The summed E-state index contributed by atoms with van der Waals surface area (Å²) >= 11 is 12.1. The van der Waals surface area contributed by atoms with Gasteiger partial charge in [0.1, 0.15) is 5.82 Å². The van der Waals surface area contributed by atoms with Crippen molar-refractivity contribution >= 4 is 34.8 Å². The molecule has 0 aliphatic carbocycles. The molecule has 0 radical (unpaired) electrons. The normalized spacial score (nSPS) is 10.8. The average molecular weight is 431 g/mol. The third kappa shape index (κ3) is 5.52. The number of carbonyl (C=O) groups excluding carboxylic acids is 1. The number of nitrogens with one attached hydrogen (secondary N) is 2. The van der Waals surface area contributed by atoms with Gasteiger partial charge >= 0.3 is 0 Å². The van der Waals surface area contributed by atoms with Crippen molar-refractivity contribution in [2.45, 2.75) is 26.8 Å². The predicted octanol–water partition coefficient (Wildman–Crippen LogP) is 4.95. The third-order valence-electron chi connectivity index (χ3n) is 4.69. The van der Waals surface area contributed by atoms with Crippen molar-refractivity contribution in [3.05, 3.63) is 81.4 Å². The van der Waals surface area contributed by atoms with Gasteiger partial charge in [0, 0.05) is 59.7 Å². The highest BCUT2D eigenvalue weighted by Crippen LogP contribution is 2.24. The number of rotatable bonds is 8. The Morgan fingerprint density at radius 2 is 1.90 bits per heavy atom. The fourth-order valence-corrected chi connectivity index (χ4v) is 3.51. The van der Waals surface area contributed by atoms with Crippen LogP contribution in [0, 0.1) is 6.92 Å². The number of aromatic nitrogens is 2. The van der Waals surface area contributed by atoms with Crippen molar-refractivity contribution in [3.63, 3.8) is 0 Å². The van der Waals surface area contributed by atoms with Crippen LogP contribution in [-0.2, 0) is 13.0 Å². The Bertz CT molecular complexity index is 983. The van der Waals surface area contributed by atoms with Crippen LogP contribution in [0.5, 0.6) is 0 Å². The number of anilines is 1. The number of hydrogen-bond donors (Lipinski definition) is 2. The second-order valence-corrected chi connectivity index (χ2v) is 7.63. The molecular formula is C22H24Cl2N4O. The van der Waals surface area contributed by atoms with E-state index in [0.29, 0.717) is 30.1 Å². The molecule has 3 aromatic rings. The molecule has 0 aliphatic heterocycles. The molecule has 29 heavy (non-hydrogen) atoms. The van der Waals surface area contributed by atoms with Gasteiger partial charge in [-0.25, -0.2) is 4.98 Å². The summed E-state index contributed by atoms with van der Waals surface area (Å²) in [5, 5.41) is 7.47. The Hall–Kier alpha value is -2.50. The molecular weight excluding hydrogens is 407 g/mol. The molecule has 0 fully saturated rings. The summed E-state index contributed by atoms with van der Waals surface area (Å²) in [4.78, 5) is 17.1. The van der Waals surface area contributed by atoms with Gasteiger partial charge in [-0.3, -0.25) is 4.79 Å². The predicted molar refractivity (Wildman–Crippen MR) is 119 cm³/mol. The zero-order chi connectivity index (χ0) is 20.8. The van der Waals surface area contributed by atoms with Crippen molar-refractivity contribution < 1.29 is 4.79 Å². The Morgan fingerprint density at radius 3 is 2.62 bits per heavy atom. The van der Waals surface area contributed by atoms with E-state index in [1.54, 1.807) is 12.3 Å². The zero-order valence-corrected chi connectivity index (χ0v) is 18.0. The van der Waals surface area contributed by atoms with Crippen molar-refractivity contribution in [2.75, 3.05) is 18.4 Å². The number of carbonyl (C=O) groups is 1. The van der Waals surface area contributed by atoms with Crippen molar-refractivity contribution in [2.24, 2.45) is 0 Å². The van der Waals surface area contributed by atoms with E-state index in [4.69, 9.17) is 23.2 Å². The first-order chi connectivity index (χ1) is 14.0. The largest absolute Gasteiger partial charge is 0.385 e. The molecule has 0 unspecified atom stereocenters. The first-order valence-corrected chi connectivity index (χ1v) is 10.3. The molecule has 0 atom stereocenters. The van der Waals surface area contributed by atoms with Crippen LogP contribution >= 0.6 is 23.2 Å². The van der Waals surface area contributed by atoms with E-state index in [-0.39, 0.29) is 5.91 Å². The Labute approximate surface area is 181 Å². The van der Waals surface area contributed by atoms with E-state index in [1.165, 1.54) is 0 Å². The minimum Gasteiger partial charge on any atom is -0.385 e. The molecule has 0 aliphatic rings. The second kappa shape index (κ2) is 9.81. The molecule has 1 aromatic heterocycles. The molecule has 2 aromatic carbocycles. The maximum atomic E-state index is 12.7. The molecule has 2 N–H and O–H groups in total. The van der Waals surface area contributed by atoms with Gasteiger partial charge < -0.3 is 15.2 Å². The standard InChI is InChI=1S/C22H24Cl2N4O/c1-3-25-20-13-18(24)12-19(15(20)2)22(29)27-9-8-21-26-10-11-28(21)14-16-4-6-17(23)7-5-16/h4-7,10-13,25H,3,8-9,14H2,1-2H3,(H,27,29). The minimum absolute atomic E-state index is 0.139. The van der Waals surface area contributed by atoms with Gasteiger partial charge in [-0.15, -0.1) is 0 Å². The number of nitrogens with zero attached hydrogens (tertiary/aromatic N) is 2. The second-order valence-electron chi connectivity index (χ2n) is 6.76. The summed E-state index contributed by atoms with van der Waals surface area (Å²) in [6.45, 7) is 5.88. The summed E-state index contributed by atoms with van der Waals surface area (Å²) in [6.07, 6.45) is 4.35. The van der Waals surface area contributed by atoms with E-state index in [9.17, 15) is 4.79 Å². The lowest BCUT2D eigenvalue weighted by molar-refractivity contribution is 0.0953. The summed E-state index contributed by atoms with van der Waals surface area (Å²) in [7, 11) is 0. The van der Waals surface area contributed by atoms with Gasteiger partial charge in [-0.2, -0.15) is 0 Å². The van der Waals surface area contributed by atoms with Gasteiger partial charge in [-0.05, 0) is 49.2 Å². The van der Waals surface area contributed by atoms with E-state index in [2.05, 4.69) is 20.2 Å². The lowest BCUT2D eigenvalue weighted by Gasteiger charge is -2.14. The lowest BCUT2D eigenvalue weighted by Crippen LogP contribution is -2.27. The smallest absolute Gasteiger partial charge is 0.251 e. The number of amides is 1. The van der Waals surface area contributed by atoms with Gasteiger partial charge in [0.15, 0.2) is 0 Å². The van der Waals surface area contributed by atoms with Crippen LogP contribution in [0.2, 0.25) is 10.0 Å². The van der Waals surface area contributed by atoms with Gasteiger partial charge in [0.25, 0.3) is 5.91 Å². The zero-order valence-electron chi connectivity index (χ0n) is 16.5. The number of imidazole rings is 1. The van der Waals surface area contributed by atoms with E-state index in [1.807, 2.05) is 50.4 Å². The fraction of sp³-hybridized carbons (Fsp3) is 0.273. The number of halogens is 2. The first-order valence-electron chi connectivity index (χ1n) is 9.54. The maximum absolute atomic E-state index is 12.7. The maximum Gasteiger partial charge on any atom is 0.251 e. The van der Waals surface area contributed by atoms with E-state index < -0.39 is 0 Å². The van der Waals surface area contributed by atoms with Crippen LogP contribution in [0.3, 0.4) is 0 Å². The van der Waals surface area contributed by atoms with Gasteiger partial charge in [0.05, 0.1) is 0 Å². The van der Waals surface area contributed by atoms with Crippen molar-refractivity contribution in [1.82, 2.24) is 14.9 Å². The Morgan fingerprint density at radius 1 is 1.14 bits per heavy atom. The molecule has 7 heteroatoms. The summed E-state index contributed by atoms with van der Waals surface area (Å²) in [5.41, 5.74) is 3.49. The average Bonchev–Trinajstić information content (AvgIpc) is 3.13.